The zero-order valence-electron chi connectivity index (χ0n) is 7.46. The first-order valence-electron chi connectivity index (χ1n) is 4.05. The third-order valence-electron chi connectivity index (χ3n) is 1.82. The molecule has 0 aromatic rings. The minimum Gasteiger partial charge on any atom is -0.465 e. The smallest absolute Gasteiger partial charge is 0.323 e. The summed E-state index contributed by atoms with van der Waals surface area (Å²) in [6, 6.07) is -0.458. The molecule has 2 atom stereocenters. The van der Waals surface area contributed by atoms with Crippen molar-refractivity contribution in [1.29, 1.82) is 0 Å². The van der Waals surface area contributed by atoms with E-state index in [0.29, 0.717) is 6.61 Å². The summed E-state index contributed by atoms with van der Waals surface area (Å²) < 4.78 is 4.76. The summed E-state index contributed by atoms with van der Waals surface area (Å²) in [7, 11) is 0. The van der Waals surface area contributed by atoms with Crippen LogP contribution in [0.3, 0.4) is 0 Å². The molecule has 0 rings (SSSR count). The lowest BCUT2D eigenvalue weighted by Crippen LogP contribution is -2.37. The zero-order valence-corrected chi connectivity index (χ0v) is 7.46. The second-order valence-corrected chi connectivity index (χ2v) is 2.66. The van der Waals surface area contributed by atoms with Gasteiger partial charge in [0.25, 0.3) is 0 Å². The van der Waals surface area contributed by atoms with Gasteiger partial charge < -0.3 is 10.5 Å². The van der Waals surface area contributed by atoms with Crippen LogP contribution < -0.4 is 5.73 Å². The zero-order chi connectivity index (χ0) is 8.85. The van der Waals surface area contributed by atoms with E-state index >= 15 is 0 Å². The molecule has 2 N–H and O–H groups in total. The Morgan fingerprint density at radius 1 is 1.55 bits per heavy atom. The molecular formula is C8H17NO2. The summed E-state index contributed by atoms with van der Waals surface area (Å²) in [5.41, 5.74) is 5.58. The van der Waals surface area contributed by atoms with Crippen LogP contribution in [0.2, 0.25) is 0 Å². The van der Waals surface area contributed by atoms with Gasteiger partial charge in [-0.05, 0) is 12.8 Å². The number of carbonyl (C=O) groups excluding carboxylic acids is 1. The summed E-state index contributed by atoms with van der Waals surface area (Å²) in [5.74, 6) is -0.0871. The van der Waals surface area contributed by atoms with Gasteiger partial charge in [0.05, 0.1) is 6.61 Å². The first-order chi connectivity index (χ1) is 5.13. The maximum absolute atomic E-state index is 11.0. The number of hydrogen-bond donors (Lipinski definition) is 1. The van der Waals surface area contributed by atoms with Gasteiger partial charge in [0.2, 0.25) is 0 Å². The molecule has 0 spiro atoms. The van der Waals surface area contributed by atoms with Gasteiger partial charge in [-0.25, -0.2) is 0 Å². The highest BCUT2D eigenvalue weighted by Gasteiger charge is 2.19. The van der Waals surface area contributed by atoms with E-state index in [-0.39, 0.29) is 11.9 Å². The second kappa shape index (κ2) is 5.13. The van der Waals surface area contributed by atoms with Crippen LogP contribution in [0, 0.1) is 5.92 Å². The molecular weight excluding hydrogens is 142 g/mol. The SMILES string of the molecule is CCOC(=O)[C@@H](N)[C@@H](C)CC. The van der Waals surface area contributed by atoms with Crippen LogP contribution in [0.15, 0.2) is 0 Å². The predicted molar refractivity (Wildman–Crippen MR) is 44.1 cm³/mol. The van der Waals surface area contributed by atoms with Gasteiger partial charge >= 0.3 is 5.97 Å². The molecule has 0 heterocycles. The lowest BCUT2D eigenvalue weighted by atomic mass is 10.0. The minimum absolute atomic E-state index is 0.203. The monoisotopic (exact) mass is 159 g/mol. The van der Waals surface area contributed by atoms with Crippen molar-refractivity contribution >= 4 is 5.97 Å². The van der Waals surface area contributed by atoms with Gasteiger partial charge in [-0.3, -0.25) is 4.79 Å². The molecule has 0 aromatic heterocycles. The fraction of sp³-hybridized carbons (Fsp3) is 0.875. The molecule has 66 valence electrons. The van der Waals surface area contributed by atoms with Gasteiger partial charge in [0.15, 0.2) is 0 Å². The molecule has 3 heteroatoms. The Morgan fingerprint density at radius 3 is 2.45 bits per heavy atom. The Hall–Kier alpha value is -0.570. The van der Waals surface area contributed by atoms with Crippen LogP contribution in [-0.2, 0) is 9.53 Å². The second-order valence-electron chi connectivity index (χ2n) is 2.66. The van der Waals surface area contributed by atoms with Crippen LogP contribution in [0.1, 0.15) is 27.2 Å². The van der Waals surface area contributed by atoms with Crippen molar-refractivity contribution in [1.82, 2.24) is 0 Å². The van der Waals surface area contributed by atoms with Crippen molar-refractivity contribution < 1.29 is 9.53 Å². The normalized spacial score (nSPS) is 15.6. The van der Waals surface area contributed by atoms with E-state index in [9.17, 15) is 4.79 Å². The number of esters is 1. The summed E-state index contributed by atoms with van der Waals surface area (Å²) in [6.07, 6.45) is 0.903. The largest absolute Gasteiger partial charge is 0.465 e. The van der Waals surface area contributed by atoms with Crippen LogP contribution in [0.4, 0.5) is 0 Å². The Balaban J connectivity index is 3.80. The first kappa shape index (κ1) is 10.4. The van der Waals surface area contributed by atoms with Crippen LogP contribution >= 0.6 is 0 Å². The van der Waals surface area contributed by atoms with Gasteiger partial charge in [0.1, 0.15) is 6.04 Å². The fourth-order valence-corrected chi connectivity index (χ4v) is 0.725. The molecule has 3 nitrogen and oxygen atoms in total. The summed E-state index contributed by atoms with van der Waals surface area (Å²) in [6.45, 7) is 6.13. The van der Waals surface area contributed by atoms with Crippen molar-refractivity contribution in [2.45, 2.75) is 33.2 Å². The topological polar surface area (TPSA) is 52.3 Å². The molecule has 0 aliphatic heterocycles. The van der Waals surface area contributed by atoms with Crippen molar-refractivity contribution in [2.24, 2.45) is 11.7 Å². The average molecular weight is 159 g/mol. The van der Waals surface area contributed by atoms with Crippen molar-refractivity contribution in [3.8, 4) is 0 Å². The number of hydrogen-bond acceptors (Lipinski definition) is 3. The van der Waals surface area contributed by atoms with Crippen LogP contribution in [0.5, 0.6) is 0 Å². The van der Waals surface area contributed by atoms with Gasteiger partial charge in [-0.2, -0.15) is 0 Å². The van der Waals surface area contributed by atoms with E-state index < -0.39 is 6.04 Å². The molecule has 0 aliphatic carbocycles. The first-order valence-corrected chi connectivity index (χ1v) is 4.05. The maximum atomic E-state index is 11.0. The van der Waals surface area contributed by atoms with E-state index in [1.54, 1.807) is 6.92 Å². The van der Waals surface area contributed by atoms with Crippen molar-refractivity contribution in [2.75, 3.05) is 6.61 Å². The fourth-order valence-electron chi connectivity index (χ4n) is 0.725. The van der Waals surface area contributed by atoms with E-state index in [2.05, 4.69) is 0 Å². The molecule has 0 aromatic carbocycles. The van der Waals surface area contributed by atoms with Crippen molar-refractivity contribution in [3.05, 3.63) is 0 Å². The summed E-state index contributed by atoms with van der Waals surface area (Å²) in [5, 5.41) is 0. The predicted octanol–water partition coefficient (Wildman–Crippen LogP) is 0.923. The number of ether oxygens (including phenoxy) is 1. The third kappa shape index (κ3) is 3.37. The highest BCUT2D eigenvalue weighted by atomic mass is 16.5. The maximum Gasteiger partial charge on any atom is 0.323 e. The third-order valence-corrected chi connectivity index (χ3v) is 1.82. The number of nitrogens with two attached hydrogens (primary N) is 1. The standard InChI is InChI=1S/C8H17NO2/c1-4-6(3)7(9)8(10)11-5-2/h6-7H,4-5,9H2,1-3H3/t6-,7-/m0/s1. The van der Waals surface area contributed by atoms with Crippen LogP contribution in [0.25, 0.3) is 0 Å². The number of carbonyl (C=O) groups is 1. The molecule has 0 saturated heterocycles. The summed E-state index contributed by atoms with van der Waals surface area (Å²) >= 11 is 0. The molecule has 0 amide bonds. The summed E-state index contributed by atoms with van der Waals surface area (Å²) in [4.78, 5) is 11.0. The molecule has 11 heavy (non-hydrogen) atoms. The molecule has 0 aliphatic rings. The Kier molecular flexibility index (Phi) is 4.86. The lowest BCUT2D eigenvalue weighted by molar-refractivity contribution is -0.145. The highest BCUT2D eigenvalue weighted by Crippen LogP contribution is 2.06. The Bertz CT molecular complexity index is 125. The highest BCUT2D eigenvalue weighted by molar-refractivity contribution is 5.75. The molecule has 0 fully saturated rings. The molecule has 0 radical (unpaired) electrons. The van der Waals surface area contributed by atoms with Gasteiger partial charge in [0, 0.05) is 0 Å². The molecule has 0 saturated carbocycles. The quantitative estimate of drug-likeness (QED) is 0.621. The van der Waals surface area contributed by atoms with E-state index in [1.807, 2.05) is 13.8 Å². The van der Waals surface area contributed by atoms with E-state index in [0.717, 1.165) is 6.42 Å². The molecule has 0 bridgehead atoms. The molecule has 0 unspecified atom stereocenters. The Labute approximate surface area is 67.9 Å². The van der Waals surface area contributed by atoms with E-state index in [1.165, 1.54) is 0 Å². The van der Waals surface area contributed by atoms with Crippen molar-refractivity contribution in [3.63, 3.8) is 0 Å². The minimum atomic E-state index is -0.458. The average Bonchev–Trinajstić information content (AvgIpc) is 2.02. The van der Waals surface area contributed by atoms with Crippen LogP contribution in [-0.4, -0.2) is 18.6 Å². The van der Waals surface area contributed by atoms with E-state index in [4.69, 9.17) is 10.5 Å². The van der Waals surface area contributed by atoms with Gasteiger partial charge in [-0.15, -0.1) is 0 Å². The Morgan fingerprint density at radius 2 is 2.09 bits per heavy atom. The lowest BCUT2D eigenvalue weighted by Gasteiger charge is -2.15. The number of rotatable bonds is 4. The van der Waals surface area contributed by atoms with Gasteiger partial charge in [-0.1, -0.05) is 20.3 Å².